The van der Waals surface area contributed by atoms with Crippen molar-refractivity contribution in [3.8, 4) is 0 Å². The van der Waals surface area contributed by atoms with E-state index < -0.39 is 0 Å². The quantitative estimate of drug-likeness (QED) is 0.659. The van der Waals surface area contributed by atoms with Crippen molar-refractivity contribution in [1.82, 2.24) is 10.2 Å². The molecule has 1 aliphatic carbocycles. The summed E-state index contributed by atoms with van der Waals surface area (Å²) in [6.45, 7) is 1.60. The van der Waals surface area contributed by atoms with Crippen LogP contribution >= 0.6 is 0 Å². The summed E-state index contributed by atoms with van der Waals surface area (Å²) in [5.74, 6) is 0.189. The van der Waals surface area contributed by atoms with E-state index in [1.165, 1.54) is 0 Å². The Labute approximate surface area is 85.8 Å². The van der Waals surface area contributed by atoms with Gasteiger partial charge in [-0.1, -0.05) is 6.42 Å². The Morgan fingerprint density at radius 1 is 1.50 bits per heavy atom. The number of nitrogens with one attached hydrogen (secondary N) is 1. The fourth-order valence-corrected chi connectivity index (χ4v) is 1.85. The second-order valence-electron chi connectivity index (χ2n) is 4.30. The van der Waals surface area contributed by atoms with Gasteiger partial charge >= 0.3 is 0 Å². The van der Waals surface area contributed by atoms with E-state index in [0.717, 1.165) is 32.4 Å². The first-order chi connectivity index (χ1) is 6.61. The van der Waals surface area contributed by atoms with Crippen LogP contribution in [0.15, 0.2) is 0 Å². The Bertz CT molecular complexity index is 194. The predicted octanol–water partition coefficient (Wildman–Crippen LogP) is -0.208. The van der Waals surface area contributed by atoms with Crippen LogP contribution in [0.2, 0.25) is 0 Å². The Balaban J connectivity index is 2.21. The number of hydrogen-bond donors (Lipinski definition) is 2. The highest BCUT2D eigenvalue weighted by Gasteiger charge is 2.29. The van der Waals surface area contributed by atoms with Crippen molar-refractivity contribution in [2.24, 2.45) is 11.7 Å². The predicted molar refractivity (Wildman–Crippen MR) is 56.9 cm³/mol. The van der Waals surface area contributed by atoms with E-state index in [9.17, 15) is 4.79 Å². The van der Waals surface area contributed by atoms with E-state index in [0.29, 0.717) is 0 Å². The summed E-state index contributed by atoms with van der Waals surface area (Å²) >= 11 is 0. The minimum atomic E-state index is 0.0529. The molecule has 2 unspecified atom stereocenters. The number of rotatable bonds is 4. The number of nitrogens with two attached hydrogens (primary N) is 1. The van der Waals surface area contributed by atoms with Gasteiger partial charge in [-0.2, -0.15) is 0 Å². The van der Waals surface area contributed by atoms with Crippen LogP contribution in [0.25, 0.3) is 0 Å². The number of carbonyl (C=O) groups excluding carboxylic acids is 1. The van der Waals surface area contributed by atoms with E-state index in [1.54, 1.807) is 0 Å². The molecule has 82 valence electrons. The smallest absolute Gasteiger partial charge is 0.224 e. The zero-order valence-electron chi connectivity index (χ0n) is 9.12. The SMILES string of the molecule is CN(C)CCNC(=O)C1CCCC1N. The number of carbonyl (C=O) groups is 1. The summed E-state index contributed by atoms with van der Waals surface area (Å²) in [6.07, 6.45) is 3.04. The van der Waals surface area contributed by atoms with E-state index in [1.807, 2.05) is 14.1 Å². The van der Waals surface area contributed by atoms with Gasteiger partial charge in [-0.25, -0.2) is 0 Å². The maximum atomic E-state index is 11.6. The highest BCUT2D eigenvalue weighted by atomic mass is 16.1. The first kappa shape index (κ1) is 11.5. The van der Waals surface area contributed by atoms with Crippen LogP contribution in [0.1, 0.15) is 19.3 Å². The van der Waals surface area contributed by atoms with Gasteiger partial charge in [0.15, 0.2) is 0 Å². The molecule has 3 N–H and O–H groups in total. The molecule has 4 heteroatoms. The molecule has 1 fully saturated rings. The molecule has 1 rings (SSSR count). The largest absolute Gasteiger partial charge is 0.355 e. The van der Waals surface area contributed by atoms with Gasteiger partial charge in [-0.3, -0.25) is 4.79 Å². The monoisotopic (exact) mass is 199 g/mol. The molecular formula is C10H21N3O. The molecule has 0 aromatic heterocycles. The molecule has 0 aromatic carbocycles. The molecule has 1 amide bonds. The maximum Gasteiger partial charge on any atom is 0.224 e. The lowest BCUT2D eigenvalue weighted by Gasteiger charge is -2.16. The first-order valence-corrected chi connectivity index (χ1v) is 5.29. The third kappa shape index (κ3) is 3.27. The van der Waals surface area contributed by atoms with Crippen LogP contribution in [-0.2, 0) is 4.79 Å². The molecule has 0 radical (unpaired) electrons. The molecule has 4 nitrogen and oxygen atoms in total. The van der Waals surface area contributed by atoms with Gasteiger partial charge in [0, 0.05) is 19.1 Å². The summed E-state index contributed by atoms with van der Waals surface area (Å²) in [5.41, 5.74) is 5.84. The van der Waals surface area contributed by atoms with Crippen LogP contribution in [0.5, 0.6) is 0 Å². The van der Waals surface area contributed by atoms with Gasteiger partial charge in [0.05, 0.1) is 5.92 Å². The molecule has 1 saturated carbocycles. The Morgan fingerprint density at radius 2 is 2.21 bits per heavy atom. The molecule has 0 aliphatic heterocycles. The second kappa shape index (κ2) is 5.32. The average Bonchev–Trinajstić information content (AvgIpc) is 2.50. The highest BCUT2D eigenvalue weighted by molar-refractivity contribution is 5.79. The summed E-state index contributed by atoms with van der Waals surface area (Å²) in [4.78, 5) is 13.7. The zero-order valence-corrected chi connectivity index (χ0v) is 9.12. The van der Waals surface area contributed by atoms with E-state index in [-0.39, 0.29) is 17.9 Å². The van der Waals surface area contributed by atoms with Gasteiger partial charge in [-0.15, -0.1) is 0 Å². The molecule has 0 heterocycles. The molecule has 0 bridgehead atoms. The number of likely N-dealkylation sites (N-methyl/N-ethyl adjacent to an activating group) is 1. The Kier molecular flexibility index (Phi) is 4.35. The van der Waals surface area contributed by atoms with Gasteiger partial charge in [0.25, 0.3) is 0 Å². The zero-order chi connectivity index (χ0) is 10.6. The number of amides is 1. The molecule has 0 saturated heterocycles. The molecular weight excluding hydrogens is 178 g/mol. The lowest BCUT2D eigenvalue weighted by molar-refractivity contribution is -0.125. The lowest BCUT2D eigenvalue weighted by atomic mass is 10.0. The number of hydrogen-bond acceptors (Lipinski definition) is 3. The minimum absolute atomic E-state index is 0.0529. The summed E-state index contributed by atoms with van der Waals surface area (Å²) in [6, 6.07) is 0.0781. The molecule has 1 aliphatic rings. The average molecular weight is 199 g/mol. The van der Waals surface area contributed by atoms with Crippen LogP contribution < -0.4 is 11.1 Å². The van der Waals surface area contributed by atoms with Crippen molar-refractivity contribution in [3.05, 3.63) is 0 Å². The molecule has 14 heavy (non-hydrogen) atoms. The van der Waals surface area contributed by atoms with Crippen molar-refractivity contribution in [1.29, 1.82) is 0 Å². The van der Waals surface area contributed by atoms with Gasteiger partial charge < -0.3 is 16.0 Å². The van der Waals surface area contributed by atoms with Crippen molar-refractivity contribution >= 4 is 5.91 Å². The van der Waals surface area contributed by atoms with E-state index in [2.05, 4.69) is 10.2 Å². The van der Waals surface area contributed by atoms with Crippen LogP contribution in [0.3, 0.4) is 0 Å². The summed E-state index contributed by atoms with van der Waals surface area (Å²) in [5, 5.41) is 2.93. The van der Waals surface area contributed by atoms with Crippen LogP contribution in [-0.4, -0.2) is 44.0 Å². The van der Waals surface area contributed by atoms with Gasteiger partial charge in [-0.05, 0) is 26.9 Å². The second-order valence-corrected chi connectivity index (χ2v) is 4.30. The minimum Gasteiger partial charge on any atom is -0.355 e. The molecule has 0 spiro atoms. The molecule has 0 aromatic rings. The van der Waals surface area contributed by atoms with Crippen molar-refractivity contribution in [2.75, 3.05) is 27.2 Å². The summed E-state index contributed by atoms with van der Waals surface area (Å²) < 4.78 is 0. The topological polar surface area (TPSA) is 58.4 Å². The summed E-state index contributed by atoms with van der Waals surface area (Å²) in [7, 11) is 3.99. The molecule has 2 atom stereocenters. The third-order valence-electron chi connectivity index (χ3n) is 2.76. The normalized spacial score (nSPS) is 26.9. The Morgan fingerprint density at radius 3 is 2.71 bits per heavy atom. The van der Waals surface area contributed by atoms with Crippen LogP contribution in [0.4, 0.5) is 0 Å². The fraction of sp³-hybridized carbons (Fsp3) is 0.900. The van der Waals surface area contributed by atoms with Crippen LogP contribution in [0, 0.1) is 5.92 Å². The lowest BCUT2D eigenvalue weighted by Crippen LogP contribution is -2.40. The standard InChI is InChI=1S/C10H21N3O/c1-13(2)7-6-12-10(14)8-4-3-5-9(8)11/h8-9H,3-7,11H2,1-2H3,(H,12,14). The number of nitrogens with zero attached hydrogens (tertiary/aromatic N) is 1. The van der Waals surface area contributed by atoms with E-state index in [4.69, 9.17) is 5.73 Å². The van der Waals surface area contributed by atoms with Crippen molar-refractivity contribution in [3.63, 3.8) is 0 Å². The van der Waals surface area contributed by atoms with Gasteiger partial charge in [0.1, 0.15) is 0 Å². The highest BCUT2D eigenvalue weighted by Crippen LogP contribution is 2.23. The van der Waals surface area contributed by atoms with E-state index >= 15 is 0 Å². The maximum absolute atomic E-state index is 11.6. The van der Waals surface area contributed by atoms with Crippen molar-refractivity contribution < 1.29 is 4.79 Å². The third-order valence-corrected chi connectivity index (χ3v) is 2.76. The Hall–Kier alpha value is -0.610. The fourth-order valence-electron chi connectivity index (χ4n) is 1.85. The van der Waals surface area contributed by atoms with Crippen molar-refractivity contribution in [2.45, 2.75) is 25.3 Å². The van der Waals surface area contributed by atoms with Gasteiger partial charge in [0.2, 0.25) is 5.91 Å². The first-order valence-electron chi connectivity index (χ1n) is 5.29.